The molecule has 0 spiro atoms. The average Bonchev–Trinajstić information content (AvgIpc) is 3.14. The number of fused-ring (bicyclic) bond motifs is 4. The van der Waals surface area contributed by atoms with Crippen LogP contribution in [0, 0.1) is 0 Å². The molecule has 0 amide bonds. The van der Waals surface area contributed by atoms with Crippen LogP contribution in [0.1, 0.15) is 0 Å². The minimum atomic E-state index is 1.23. The Kier molecular flexibility index (Phi) is 6.25. The molecule has 0 unspecified atom stereocenters. The van der Waals surface area contributed by atoms with Crippen molar-refractivity contribution in [3.63, 3.8) is 0 Å². The minimum absolute atomic E-state index is 1.23. The minimum Gasteiger partial charge on any atom is -0.0622 e. The van der Waals surface area contributed by atoms with Crippen molar-refractivity contribution < 1.29 is 0 Å². The predicted molar refractivity (Wildman–Crippen MR) is 198 cm³/mol. The lowest BCUT2D eigenvalue weighted by atomic mass is 9.83. The van der Waals surface area contributed by atoms with Gasteiger partial charge >= 0.3 is 0 Å². The second-order valence-corrected chi connectivity index (χ2v) is 12.0. The van der Waals surface area contributed by atoms with Gasteiger partial charge in [-0.1, -0.05) is 176 Å². The molecule has 0 atom stereocenters. The van der Waals surface area contributed by atoms with Crippen LogP contribution in [0.5, 0.6) is 0 Å². The van der Waals surface area contributed by atoms with E-state index in [1.807, 2.05) is 0 Å². The van der Waals surface area contributed by atoms with Crippen LogP contribution in [0.2, 0.25) is 0 Å². The van der Waals surface area contributed by atoms with E-state index in [4.69, 9.17) is 0 Å². The topological polar surface area (TPSA) is 0 Å². The number of hydrogen-bond donors (Lipinski definition) is 0. The fourth-order valence-electron chi connectivity index (χ4n) is 7.42. The Hall–Kier alpha value is -5.98. The SMILES string of the molecule is c1ccc(-c2cccc(-c3ccc(-c4c5ccccc5c(-c5cccc6ccccc56)c5ccccc45)c4ccccc34)c2)cc1. The summed E-state index contributed by atoms with van der Waals surface area (Å²) in [6.45, 7) is 0. The zero-order valence-electron chi connectivity index (χ0n) is 25.3. The molecule has 0 fully saturated rings. The monoisotopic (exact) mass is 582 g/mol. The molecule has 9 aromatic carbocycles. The van der Waals surface area contributed by atoms with Crippen LogP contribution in [-0.4, -0.2) is 0 Å². The lowest BCUT2D eigenvalue weighted by Gasteiger charge is -2.20. The van der Waals surface area contributed by atoms with E-state index in [-0.39, 0.29) is 0 Å². The van der Waals surface area contributed by atoms with E-state index in [0.29, 0.717) is 0 Å². The van der Waals surface area contributed by atoms with Crippen molar-refractivity contribution >= 4 is 43.1 Å². The molecule has 0 aliphatic rings. The molecule has 0 aliphatic heterocycles. The van der Waals surface area contributed by atoms with Crippen LogP contribution < -0.4 is 0 Å². The van der Waals surface area contributed by atoms with Gasteiger partial charge in [-0.15, -0.1) is 0 Å². The van der Waals surface area contributed by atoms with E-state index < -0.39 is 0 Å². The van der Waals surface area contributed by atoms with Crippen molar-refractivity contribution in [3.8, 4) is 44.5 Å². The summed E-state index contributed by atoms with van der Waals surface area (Å²) in [7, 11) is 0. The fraction of sp³-hybridized carbons (Fsp3) is 0. The average molecular weight is 583 g/mol. The first kappa shape index (κ1) is 26.4. The van der Waals surface area contributed by atoms with Gasteiger partial charge in [0, 0.05) is 0 Å². The van der Waals surface area contributed by atoms with Gasteiger partial charge in [0.05, 0.1) is 0 Å². The molecule has 46 heavy (non-hydrogen) atoms. The summed E-state index contributed by atoms with van der Waals surface area (Å²) in [6, 6.07) is 66.5. The van der Waals surface area contributed by atoms with E-state index >= 15 is 0 Å². The lowest BCUT2D eigenvalue weighted by Crippen LogP contribution is -1.93. The Labute approximate surface area is 268 Å². The molecule has 9 rings (SSSR count). The molecular weight excluding hydrogens is 553 g/mol. The third-order valence-electron chi connectivity index (χ3n) is 9.46. The Morgan fingerprint density at radius 1 is 0.217 bits per heavy atom. The van der Waals surface area contributed by atoms with Gasteiger partial charge in [-0.3, -0.25) is 0 Å². The molecule has 9 aromatic rings. The first-order valence-electron chi connectivity index (χ1n) is 15.9. The van der Waals surface area contributed by atoms with Crippen LogP contribution in [0.25, 0.3) is 87.6 Å². The molecule has 0 aliphatic carbocycles. The van der Waals surface area contributed by atoms with Gasteiger partial charge in [0.25, 0.3) is 0 Å². The highest BCUT2D eigenvalue weighted by Gasteiger charge is 2.19. The van der Waals surface area contributed by atoms with Gasteiger partial charge in [-0.2, -0.15) is 0 Å². The highest BCUT2D eigenvalue weighted by molar-refractivity contribution is 6.25. The van der Waals surface area contributed by atoms with Gasteiger partial charge in [0.2, 0.25) is 0 Å². The van der Waals surface area contributed by atoms with Crippen LogP contribution in [0.3, 0.4) is 0 Å². The van der Waals surface area contributed by atoms with Crippen molar-refractivity contribution in [3.05, 3.63) is 182 Å². The highest BCUT2D eigenvalue weighted by Crippen LogP contribution is 2.47. The molecule has 0 heterocycles. The summed E-state index contributed by atoms with van der Waals surface area (Å²) in [6.07, 6.45) is 0. The largest absolute Gasteiger partial charge is 0.0622 e. The molecule has 0 N–H and O–H groups in total. The Morgan fingerprint density at radius 3 is 1.28 bits per heavy atom. The van der Waals surface area contributed by atoms with Gasteiger partial charge in [0.15, 0.2) is 0 Å². The summed E-state index contributed by atoms with van der Waals surface area (Å²) in [5, 5.41) is 10.2. The maximum Gasteiger partial charge on any atom is -0.00201 e. The molecule has 0 nitrogen and oxygen atoms in total. The Balaban J connectivity index is 1.33. The smallest absolute Gasteiger partial charge is 0.00201 e. The van der Waals surface area contributed by atoms with E-state index in [9.17, 15) is 0 Å². The van der Waals surface area contributed by atoms with E-state index in [1.54, 1.807) is 0 Å². The molecule has 0 saturated carbocycles. The summed E-state index contributed by atoms with van der Waals surface area (Å²) < 4.78 is 0. The normalized spacial score (nSPS) is 11.5. The second kappa shape index (κ2) is 10.9. The van der Waals surface area contributed by atoms with E-state index in [1.165, 1.54) is 87.6 Å². The van der Waals surface area contributed by atoms with Crippen LogP contribution in [0.15, 0.2) is 182 Å². The maximum atomic E-state index is 2.35. The zero-order valence-corrected chi connectivity index (χ0v) is 25.3. The Bertz CT molecular complexity index is 2510. The zero-order chi connectivity index (χ0) is 30.5. The van der Waals surface area contributed by atoms with Crippen molar-refractivity contribution in [1.82, 2.24) is 0 Å². The quantitative estimate of drug-likeness (QED) is 0.181. The number of benzene rings is 9. The van der Waals surface area contributed by atoms with E-state index in [0.717, 1.165) is 0 Å². The standard InChI is InChI=1S/C46H30/c1-2-14-31(15-3-1)33-18-12-19-34(30-33)36-28-29-44(38-22-7-6-21-37(36)38)46-42-25-10-8-23-40(42)45(41-24-9-11-26-43(41)46)39-27-13-17-32-16-4-5-20-35(32)39/h1-30H. The summed E-state index contributed by atoms with van der Waals surface area (Å²) in [4.78, 5) is 0. The van der Waals surface area contributed by atoms with Crippen LogP contribution >= 0.6 is 0 Å². The fourth-order valence-corrected chi connectivity index (χ4v) is 7.42. The molecule has 214 valence electrons. The van der Waals surface area contributed by atoms with Crippen molar-refractivity contribution in [2.75, 3.05) is 0 Å². The van der Waals surface area contributed by atoms with E-state index in [2.05, 4.69) is 182 Å². The second-order valence-electron chi connectivity index (χ2n) is 12.0. The third kappa shape index (κ3) is 4.23. The van der Waals surface area contributed by atoms with Gasteiger partial charge < -0.3 is 0 Å². The molecule has 0 saturated heterocycles. The molecule has 0 heteroatoms. The summed E-state index contributed by atoms with van der Waals surface area (Å²) in [5.41, 5.74) is 10.1. The molecule has 0 bridgehead atoms. The van der Waals surface area contributed by atoms with Gasteiger partial charge in [-0.05, 0) is 93.7 Å². The molecule has 0 aromatic heterocycles. The third-order valence-corrected chi connectivity index (χ3v) is 9.46. The van der Waals surface area contributed by atoms with Gasteiger partial charge in [-0.25, -0.2) is 0 Å². The first-order chi connectivity index (χ1) is 22.8. The lowest BCUT2D eigenvalue weighted by molar-refractivity contribution is 1.60. The predicted octanol–water partition coefficient (Wildman–Crippen LogP) is 13.0. The highest BCUT2D eigenvalue weighted by atomic mass is 14.2. The van der Waals surface area contributed by atoms with Crippen molar-refractivity contribution in [2.45, 2.75) is 0 Å². The molecular formula is C46H30. The van der Waals surface area contributed by atoms with Crippen LogP contribution in [-0.2, 0) is 0 Å². The van der Waals surface area contributed by atoms with Crippen LogP contribution in [0.4, 0.5) is 0 Å². The Morgan fingerprint density at radius 2 is 0.630 bits per heavy atom. The van der Waals surface area contributed by atoms with Crippen molar-refractivity contribution in [2.24, 2.45) is 0 Å². The summed E-state index contributed by atoms with van der Waals surface area (Å²) in [5.74, 6) is 0. The van der Waals surface area contributed by atoms with Crippen molar-refractivity contribution in [1.29, 1.82) is 0 Å². The number of rotatable bonds is 4. The number of hydrogen-bond acceptors (Lipinski definition) is 0. The maximum absolute atomic E-state index is 2.35. The van der Waals surface area contributed by atoms with Gasteiger partial charge in [0.1, 0.15) is 0 Å². The summed E-state index contributed by atoms with van der Waals surface area (Å²) >= 11 is 0. The molecule has 0 radical (unpaired) electrons. The first-order valence-corrected chi connectivity index (χ1v) is 15.9.